The van der Waals surface area contributed by atoms with E-state index in [2.05, 4.69) is 16.0 Å². The van der Waals surface area contributed by atoms with Crippen LogP contribution in [0.25, 0.3) is 0 Å². The topological polar surface area (TPSA) is 96.3 Å². The average molecular weight is 404 g/mol. The highest BCUT2D eigenvalue weighted by Crippen LogP contribution is 2.29. The third-order valence-electron chi connectivity index (χ3n) is 4.13. The lowest BCUT2D eigenvalue weighted by Crippen LogP contribution is -2.45. The standard InChI is InChI=1S/C18H14F2N4O3S/c1-9-15(17(25)22-11-4-7-13(19)14(20)8-11)16(23-18(28)21-9)10-2-5-12(6-3-10)24(26)27/h2-8,16H,1H3,(H,22,25)(H2,21,23,28)/t16-/m1/s1. The van der Waals surface area contributed by atoms with Crippen LogP contribution >= 0.6 is 12.2 Å². The van der Waals surface area contributed by atoms with Crippen LogP contribution in [0.2, 0.25) is 0 Å². The molecule has 7 nitrogen and oxygen atoms in total. The van der Waals surface area contributed by atoms with Crippen LogP contribution < -0.4 is 16.0 Å². The second-order valence-electron chi connectivity index (χ2n) is 6.00. The van der Waals surface area contributed by atoms with Crippen LogP contribution in [0, 0.1) is 21.7 Å². The van der Waals surface area contributed by atoms with Gasteiger partial charge in [-0.05, 0) is 49.0 Å². The quantitative estimate of drug-likeness (QED) is 0.411. The van der Waals surface area contributed by atoms with E-state index < -0.39 is 28.5 Å². The number of benzene rings is 2. The van der Waals surface area contributed by atoms with Crippen LogP contribution in [0.3, 0.4) is 0 Å². The maximum atomic E-state index is 13.4. The van der Waals surface area contributed by atoms with Crippen molar-refractivity contribution in [1.29, 1.82) is 0 Å². The van der Waals surface area contributed by atoms with Gasteiger partial charge in [-0.1, -0.05) is 0 Å². The Morgan fingerprint density at radius 2 is 1.86 bits per heavy atom. The van der Waals surface area contributed by atoms with Crippen LogP contribution in [0.15, 0.2) is 53.7 Å². The van der Waals surface area contributed by atoms with Gasteiger partial charge in [0.05, 0.1) is 16.5 Å². The third-order valence-corrected chi connectivity index (χ3v) is 4.35. The molecule has 1 aliphatic heterocycles. The molecule has 0 fully saturated rings. The zero-order chi connectivity index (χ0) is 20.4. The second-order valence-corrected chi connectivity index (χ2v) is 6.41. The van der Waals surface area contributed by atoms with E-state index in [4.69, 9.17) is 12.2 Å². The first-order valence-electron chi connectivity index (χ1n) is 8.05. The van der Waals surface area contributed by atoms with Crippen molar-refractivity contribution in [3.8, 4) is 0 Å². The Morgan fingerprint density at radius 3 is 2.46 bits per heavy atom. The van der Waals surface area contributed by atoms with Gasteiger partial charge in [0.1, 0.15) is 0 Å². The number of carbonyl (C=O) groups excluding carboxylic acids is 1. The molecule has 2 aromatic carbocycles. The summed E-state index contributed by atoms with van der Waals surface area (Å²) in [6.07, 6.45) is 0. The SMILES string of the molecule is CC1=C(C(=O)Nc2ccc(F)c(F)c2)[C@@H](c2ccc([N+](=O)[O-])cc2)NC(=S)N1. The zero-order valence-electron chi connectivity index (χ0n) is 14.5. The Labute approximate surface area is 163 Å². The van der Waals surface area contributed by atoms with E-state index in [0.29, 0.717) is 11.3 Å². The molecule has 0 aliphatic carbocycles. The van der Waals surface area contributed by atoms with Gasteiger partial charge in [0.15, 0.2) is 16.7 Å². The predicted molar refractivity (Wildman–Crippen MR) is 102 cm³/mol. The predicted octanol–water partition coefficient (Wildman–Crippen LogP) is 3.30. The number of amides is 1. The minimum Gasteiger partial charge on any atom is -0.351 e. The van der Waals surface area contributed by atoms with E-state index in [1.807, 2.05) is 0 Å². The third kappa shape index (κ3) is 3.96. The van der Waals surface area contributed by atoms with Gasteiger partial charge in [-0.25, -0.2) is 8.78 Å². The Balaban J connectivity index is 1.93. The maximum Gasteiger partial charge on any atom is 0.269 e. The Kier molecular flexibility index (Phi) is 5.32. The van der Waals surface area contributed by atoms with Crippen molar-refractivity contribution >= 4 is 34.6 Å². The van der Waals surface area contributed by atoms with Crippen molar-refractivity contribution in [2.24, 2.45) is 0 Å². The highest BCUT2D eigenvalue weighted by Gasteiger charge is 2.30. The number of carbonyl (C=O) groups is 1. The van der Waals surface area contributed by atoms with E-state index in [-0.39, 0.29) is 22.1 Å². The van der Waals surface area contributed by atoms with Crippen LogP contribution in [0.4, 0.5) is 20.2 Å². The van der Waals surface area contributed by atoms with E-state index in [9.17, 15) is 23.7 Å². The monoisotopic (exact) mass is 404 g/mol. The Bertz CT molecular complexity index is 1010. The van der Waals surface area contributed by atoms with Crippen LogP contribution in [0.1, 0.15) is 18.5 Å². The van der Waals surface area contributed by atoms with Gasteiger partial charge in [0.25, 0.3) is 11.6 Å². The molecular weight excluding hydrogens is 390 g/mol. The fourth-order valence-corrected chi connectivity index (χ4v) is 3.08. The molecular formula is C18H14F2N4O3S. The number of halogens is 2. The van der Waals surface area contributed by atoms with Crippen molar-refractivity contribution in [3.63, 3.8) is 0 Å². The van der Waals surface area contributed by atoms with Crippen LogP contribution in [-0.2, 0) is 4.79 Å². The molecule has 0 aromatic heterocycles. The molecule has 3 rings (SSSR count). The first-order valence-corrected chi connectivity index (χ1v) is 8.46. The summed E-state index contributed by atoms with van der Waals surface area (Å²) in [5.74, 6) is -2.67. The van der Waals surface area contributed by atoms with E-state index in [1.54, 1.807) is 6.92 Å². The number of rotatable bonds is 4. The molecule has 28 heavy (non-hydrogen) atoms. The molecule has 0 radical (unpaired) electrons. The molecule has 0 saturated heterocycles. The molecule has 1 atom stereocenters. The van der Waals surface area contributed by atoms with Crippen molar-refractivity contribution in [3.05, 3.63) is 81.0 Å². The van der Waals surface area contributed by atoms with Crippen molar-refractivity contribution in [2.75, 3.05) is 5.32 Å². The Hall–Kier alpha value is -3.40. The minimum atomic E-state index is -1.09. The van der Waals surface area contributed by atoms with E-state index in [0.717, 1.165) is 12.1 Å². The van der Waals surface area contributed by atoms with Gasteiger partial charge in [-0.15, -0.1) is 0 Å². The summed E-state index contributed by atoms with van der Waals surface area (Å²) >= 11 is 5.14. The molecule has 0 bridgehead atoms. The summed E-state index contributed by atoms with van der Waals surface area (Å²) in [5.41, 5.74) is 1.29. The molecule has 0 saturated carbocycles. The molecule has 1 heterocycles. The normalized spacial score (nSPS) is 16.2. The summed E-state index contributed by atoms with van der Waals surface area (Å²) in [6, 6.07) is 8.01. The number of hydrogen-bond acceptors (Lipinski definition) is 4. The molecule has 2 aromatic rings. The fourth-order valence-electron chi connectivity index (χ4n) is 2.81. The molecule has 1 amide bonds. The second kappa shape index (κ2) is 7.69. The van der Waals surface area contributed by atoms with Gasteiger partial charge in [0.2, 0.25) is 0 Å². The lowest BCUT2D eigenvalue weighted by molar-refractivity contribution is -0.384. The van der Waals surface area contributed by atoms with E-state index >= 15 is 0 Å². The lowest BCUT2D eigenvalue weighted by Gasteiger charge is -2.30. The highest BCUT2D eigenvalue weighted by molar-refractivity contribution is 7.80. The number of thiocarbonyl (C=S) groups is 1. The average Bonchev–Trinajstić information content (AvgIpc) is 2.64. The van der Waals surface area contributed by atoms with Gasteiger partial charge < -0.3 is 16.0 Å². The summed E-state index contributed by atoms with van der Waals surface area (Å²) in [6.45, 7) is 1.64. The highest BCUT2D eigenvalue weighted by atomic mass is 32.1. The van der Waals surface area contributed by atoms with Gasteiger partial charge in [-0.2, -0.15) is 0 Å². The van der Waals surface area contributed by atoms with Crippen molar-refractivity contribution in [1.82, 2.24) is 10.6 Å². The van der Waals surface area contributed by atoms with Crippen molar-refractivity contribution in [2.45, 2.75) is 13.0 Å². The van der Waals surface area contributed by atoms with Gasteiger partial charge in [-0.3, -0.25) is 14.9 Å². The summed E-state index contributed by atoms with van der Waals surface area (Å²) < 4.78 is 26.5. The molecule has 144 valence electrons. The van der Waals surface area contributed by atoms with Gasteiger partial charge >= 0.3 is 0 Å². The number of anilines is 1. The fraction of sp³-hybridized carbons (Fsp3) is 0.111. The first-order chi connectivity index (χ1) is 13.3. The molecule has 1 aliphatic rings. The summed E-state index contributed by atoms with van der Waals surface area (Å²) in [7, 11) is 0. The smallest absolute Gasteiger partial charge is 0.269 e. The minimum absolute atomic E-state index is 0.0831. The van der Waals surface area contributed by atoms with Gasteiger partial charge in [0, 0.05) is 29.6 Å². The number of nitro benzene ring substituents is 1. The molecule has 0 spiro atoms. The maximum absolute atomic E-state index is 13.4. The number of nitrogens with one attached hydrogen (secondary N) is 3. The summed E-state index contributed by atoms with van der Waals surface area (Å²) in [5, 5.41) is 19.4. The number of nitro groups is 1. The van der Waals surface area contributed by atoms with E-state index in [1.165, 1.54) is 30.3 Å². The first kappa shape index (κ1) is 19.4. The molecule has 10 heteroatoms. The number of allylic oxidation sites excluding steroid dienone is 1. The zero-order valence-corrected chi connectivity index (χ0v) is 15.3. The number of non-ortho nitro benzene ring substituents is 1. The Morgan fingerprint density at radius 1 is 1.18 bits per heavy atom. The summed E-state index contributed by atoms with van der Waals surface area (Å²) in [4.78, 5) is 23.1. The van der Waals surface area contributed by atoms with Crippen LogP contribution in [0.5, 0.6) is 0 Å². The van der Waals surface area contributed by atoms with Crippen molar-refractivity contribution < 1.29 is 18.5 Å². The lowest BCUT2D eigenvalue weighted by atomic mass is 9.94. The largest absolute Gasteiger partial charge is 0.351 e. The number of hydrogen-bond donors (Lipinski definition) is 3. The van der Waals surface area contributed by atoms with Crippen LogP contribution in [-0.4, -0.2) is 15.9 Å². The molecule has 0 unspecified atom stereocenters. The number of nitrogens with zero attached hydrogens (tertiary/aromatic N) is 1. The molecule has 3 N–H and O–H groups in total.